The molecule has 0 bridgehead atoms. The number of hydrogen-bond donors (Lipinski definition) is 0. The van der Waals surface area contributed by atoms with E-state index in [9.17, 15) is 4.79 Å². The highest BCUT2D eigenvalue weighted by atomic mass is 35.5. The molecule has 0 spiro atoms. The van der Waals surface area contributed by atoms with Crippen molar-refractivity contribution in [1.82, 2.24) is 4.90 Å². The summed E-state index contributed by atoms with van der Waals surface area (Å²) in [5.74, 6) is 5.08. The lowest BCUT2D eigenvalue weighted by Gasteiger charge is -2.37. The van der Waals surface area contributed by atoms with Crippen LogP contribution in [0.1, 0.15) is 67.4 Å². The molecule has 51 heavy (non-hydrogen) atoms. The number of fused-ring (bicyclic) bond motifs is 6. The van der Waals surface area contributed by atoms with Gasteiger partial charge in [0.05, 0.1) is 52.1 Å². The Hall–Kier alpha value is -3.86. The fourth-order valence-corrected chi connectivity index (χ4v) is 6.73. The van der Waals surface area contributed by atoms with Crippen molar-refractivity contribution in [2.45, 2.75) is 64.6 Å². The third-order valence-electron chi connectivity index (χ3n) is 9.67. The van der Waals surface area contributed by atoms with Gasteiger partial charge in [0.2, 0.25) is 0 Å². The first kappa shape index (κ1) is 38.4. The number of ether oxygens (including phenoxy) is 8. The lowest BCUT2D eigenvalue weighted by atomic mass is 9.81. The molecule has 3 unspecified atom stereocenters. The first-order valence-electron chi connectivity index (χ1n) is 18.0. The van der Waals surface area contributed by atoms with Crippen LogP contribution >= 0.6 is 12.4 Å². The highest BCUT2D eigenvalue weighted by Crippen LogP contribution is 2.50. The lowest BCUT2D eigenvalue weighted by molar-refractivity contribution is 0.0358. The van der Waals surface area contributed by atoms with Crippen molar-refractivity contribution in [1.29, 1.82) is 0 Å². The molecule has 0 N–H and O–H groups in total. The Morgan fingerprint density at radius 3 is 2.18 bits per heavy atom. The Morgan fingerprint density at radius 2 is 1.53 bits per heavy atom. The molecular formula is C40H52ClNO9. The molecule has 1 fully saturated rings. The zero-order valence-electron chi connectivity index (χ0n) is 30.4. The molecule has 0 amide bonds. The zero-order chi connectivity index (χ0) is 35.0. The number of carbonyl (C=O) groups is 1. The second-order valence-electron chi connectivity index (χ2n) is 13.4. The molecule has 0 radical (unpaired) electrons. The van der Waals surface area contributed by atoms with Crippen LogP contribution in [0.3, 0.4) is 0 Å². The number of nitrogens with zero attached hydrogens (tertiary/aromatic N) is 1. The van der Waals surface area contributed by atoms with Crippen LogP contribution in [0.2, 0.25) is 0 Å². The van der Waals surface area contributed by atoms with Gasteiger partial charge in [-0.2, -0.15) is 0 Å². The molecule has 3 atom stereocenters. The van der Waals surface area contributed by atoms with Crippen molar-refractivity contribution in [3.63, 3.8) is 0 Å². The van der Waals surface area contributed by atoms with E-state index in [4.69, 9.17) is 37.9 Å². The first-order valence-corrected chi connectivity index (χ1v) is 18.0. The highest BCUT2D eigenvalue weighted by Gasteiger charge is 2.45. The molecule has 0 saturated carbocycles. The molecular weight excluding hydrogens is 674 g/mol. The van der Waals surface area contributed by atoms with Crippen molar-refractivity contribution in [2.24, 2.45) is 5.92 Å². The predicted molar refractivity (Wildman–Crippen MR) is 197 cm³/mol. The Morgan fingerprint density at radius 1 is 0.863 bits per heavy atom. The molecule has 7 rings (SSSR count). The van der Waals surface area contributed by atoms with Gasteiger partial charge in [0.1, 0.15) is 47.6 Å². The summed E-state index contributed by atoms with van der Waals surface area (Å²) < 4.78 is 45.9. The Kier molecular flexibility index (Phi) is 13.6. The van der Waals surface area contributed by atoms with Gasteiger partial charge in [0.25, 0.3) is 0 Å². The molecule has 0 aromatic heterocycles. The van der Waals surface area contributed by atoms with Crippen LogP contribution in [-0.2, 0) is 11.2 Å². The second-order valence-corrected chi connectivity index (χ2v) is 13.4. The maximum Gasteiger partial charge on any atom is 0.178 e. The molecule has 1 saturated heterocycles. The lowest BCUT2D eigenvalue weighted by Crippen LogP contribution is -2.43. The van der Waals surface area contributed by atoms with Crippen LogP contribution in [0.5, 0.6) is 40.2 Å². The van der Waals surface area contributed by atoms with E-state index in [1.165, 1.54) is 0 Å². The Bertz CT molecular complexity index is 1590. The van der Waals surface area contributed by atoms with Crippen molar-refractivity contribution in [3.8, 4) is 40.2 Å². The van der Waals surface area contributed by atoms with E-state index in [2.05, 4.69) is 25.7 Å². The maximum absolute atomic E-state index is 13.5. The van der Waals surface area contributed by atoms with E-state index >= 15 is 0 Å². The third kappa shape index (κ3) is 8.96. The van der Waals surface area contributed by atoms with Crippen LogP contribution < -0.4 is 33.2 Å². The van der Waals surface area contributed by atoms with Crippen LogP contribution in [0.15, 0.2) is 48.5 Å². The molecule has 0 aliphatic carbocycles. The van der Waals surface area contributed by atoms with Gasteiger partial charge < -0.3 is 37.9 Å². The van der Waals surface area contributed by atoms with Gasteiger partial charge in [-0.25, -0.2) is 0 Å². The van der Waals surface area contributed by atoms with E-state index in [0.29, 0.717) is 41.1 Å². The predicted octanol–water partition coefficient (Wildman–Crippen LogP) is 7.17. The number of Topliss-reactive ketones (excluding diaryl/α,β-unsaturated/α-hetero) is 1. The molecule has 3 aromatic carbocycles. The summed E-state index contributed by atoms with van der Waals surface area (Å²) in [6.45, 7) is 13.2. The van der Waals surface area contributed by atoms with Gasteiger partial charge in [-0.3, -0.25) is 9.69 Å². The van der Waals surface area contributed by atoms with E-state index in [0.717, 1.165) is 100 Å². The molecule has 10 nitrogen and oxygen atoms in total. The van der Waals surface area contributed by atoms with Gasteiger partial charge in [-0.15, -0.1) is 12.4 Å². The fourth-order valence-electron chi connectivity index (χ4n) is 6.73. The Balaban J connectivity index is 0.000000205. The number of hydrogen-bond acceptors (Lipinski definition) is 10. The minimum Gasteiger partial charge on any atom is -0.494 e. The van der Waals surface area contributed by atoms with Crippen molar-refractivity contribution >= 4 is 18.2 Å². The summed E-state index contributed by atoms with van der Waals surface area (Å²) in [7, 11) is 3.16. The van der Waals surface area contributed by atoms with Crippen LogP contribution in [0.25, 0.3) is 0 Å². The molecule has 278 valence electrons. The van der Waals surface area contributed by atoms with Gasteiger partial charge in [-0.05, 0) is 61.2 Å². The van der Waals surface area contributed by atoms with Crippen molar-refractivity contribution in [2.75, 3.05) is 66.9 Å². The van der Waals surface area contributed by atoms with Crippen molar-refractivity contribution in [3.05, 3.63) is 65.2 Å². The highest BCUT2D eigenvalue weighted by molar-refractivity contribution is 6.06. The molecule has 4 aliphatic rings. The minimum atomic E-state index is -0.438. The summed E-state index contributed by atoms with van der Waals surface area (Å²) in [5, 5.41) is 0. The number of carbonyl (C=O) groups excluding carboxylic acids is 1. The quantitative estimate of drug-likeness (QED) is 0.179. The molecule has 4 aliphatic heterocycles. The monoisotopic (exact) mass is 725 g/mol. The van der Waals surface area contributed by atoms with Gasteiger partial charge in [-0.1, -0.05) is 27.2 Å². The van der Waals surface area contributed by atoms with E-state index in [-0.39, 0.29) is 30.4 Å². The van der Waals surface area contributed by atoms with Gasteiger partial charge in [0.15, 0.2) is 17.3 Å². The second kappa shape index (κ2) is 18.1. The summed E-state index contributed by atoms with van der Waals surface area (Å²) in [4.78, 5) is 16.0. The number of benzene rings is 3. The largest absolute Gasteiger partial charge is 0.494 e. The van der Waals surface area contributed by atoms with E-state index in [1.54, 1.807) is 20.3 Å². The SMILES string of the molecule is CCCCOc1ccc(OCCCN2CCOCC2)cc1.COc1cc2c(cc1OC)C1C(=O)c3ccc4c(c3OC1CO2)CC(C(C)C)O4.Cl. The topological polar surface area (TPSA) is 94.2 Å². The number of morpholine rings is 1. The number of ketones is 1. The third-order valence-corrected chi connectivity index (χ3v) is 9.67. The van der Waals surface area contributed by atoms with E-state index < -0.39 is 5.92 Å². The number of unbranched alkanes of at least 4 members (excludes halogenated alkanes) is 1. The number of methoxy groups -OCH3 is 2. The van der Waals surface area contributed by atoms with Gasteiger partial charge >= 0.3 is 0 Å². The van der Waals surface area contributed by atoms with E-state index in [1.807, 2.05) is 42.5 Å². The van der Waals surface area contributed by atoms with Crippen LogP contribution in [0.4, 0.5) is 0 Å². The number of rotatable bonds is 12. The molecule has 11 heteroatoms. The molecule has 3 aromatic rings. The first-order chi connectivity index (χ1) is 24.4. The van der Waals surface area contributed by atoms with Crippen LogP contribution in [-0.4, -0.2) is 89.8 Å². The summed E-state index contributed by atoms with van der Waals surface area (Å²) in [5.41, 5.74) is 2.37. The minimum absolute atomic E-state index is 0. The zero-order valence-corrected chi connectivity index (χ0v) is 31.3. The number of halogens is 1. The summed E-state index contributed by atoms with van der Waals surface area (Å²) in [6, 6.07) is 15.2. The normalized spacial score (nSPS) is 20.0. The smallest absolute Gasteiger partial charge is 0.178 e. The average Bonchev–Trinajstić information content (AvgIpc) is 3.60. The fraction of sp³-hybridized carbons (Fsp3) is 0.525. The molecule has 4 heterocycles. The van der Waals surface area contributed by atoms with Gasteiger partial charge in [0, 0.05) is 43.2 Å². The Labute approximate surface area is 308 Å². The standard InChI is InChI=1S/C23H24O6.C17H27NO3.ClH/c1-11(2)16-8-14-15(28-16)6-5-12-22(24)21-13-7-18(25-3)19(26-4)9-17(13)27-10-20(21)29-23(12)14;1-2-3-12-20-16-5-7-17(8-6-16)21-13-4-9-18-10-14-19-15-11-18;/h5-7,9,11,16,20-21H,8,10H2,1-4H3;5-8H,2-4,9-15H2,1H3;1H. The maximum atomic E-state index is 13.5. The van der Waals surface area contributed by atoms with Crippen molar-refractivity contribution < 1.29 is 42.7 Å². The summed E-state index contributed by atoms with van der Waals surface area (Å²) >= 11 is 0. The summed E-state index contributed by atoms with van der Waals surface area (Å²) in [6.07, 6.45) is 3.78. The average molecular weight is 726 g/mol. The van der Waals surface area contributed by atoms with Crippen LogP contribution in [0, 0.1) is 5.92 Å².